The molecule has 1 aromatic heterocycles. The molecule has 4 aromatic rings. The van der Waals surface area contributed by atoms with Crippen molar-refractivity contribution in [1.29, 1.82) is 0 Å². The number of hydrogen-bond donors (Lipinski definition) is 2. The van der Waals surface area contributed by atoms with Crippen molar-refractivity contribution in [3.05, 3.63) is 125 Å². The quantitative estimate of drug-likeness (QED) is 0.173. The van der Waals surface area contributed by atoms with E-state index in [2.05, 4.69) is 64.6 Å². The summed E-state index contributed by atoms with van der Waals surface area (Å²) in [5.74, 6) is 0.176. The molecular weight excluding hydrogens is 508 g/mol. The summed E-state index contributed by atoms with van der Waals surface area (Å²) in [5.41, 5.74) is 9.73. The third-order valence-corrected chi connectivity index (χ3v) is 8.02. The highest BCUT2D eigenvalue weighted by atomic mass is 16.2. The number of aromatic nitrogens is 1. The number of rotatable bonds is 9. The molecular formula is C35H38N4O2. The molecule has 0 saturated heterocycles. The maximum Gasteiger partial charge on any atom is 0.251 e. The van der Waals surface area contributed by atoms with Crippen LogP contribution in [0.25, 0.3) is 5.69 Å². The van der Waals surface area contributed by atoms with Crippen molar-refractivity contribution in [3.8, 4) is 5.69 Å². The van der Waals surface area contributed by atoms with Crippen molar-refractivity contribution in [2.75, 3.05) is 0 Å². The molecule has 1 atom stereocenters. The Kier molecular flexibility index (Phi) is 9.09. The fraction of sp³-hybridized carbons (Fsp3) is 0.286. The maximum absolute atomic E-state index is 12.9. The Morgan fingerprint density at radius 3 is 2.24 bits per heavy atom. The fourth-order valence-corrected chi connectivity index (χ4v) is 5.82. The van der Waals surface area contributed by atoms with E-state index in [0.717, 1.165) is 28.2 Å². The maximum atomic E-state index is 12.9. The van der Waals surface area contributed by atoms with E-state index in [1.165, 1.54) is 37.7 Å². The second kappa shape index (κ2) is 13.3. The molecule has 2 N–H and O–H groups in total. The van der Waals surface area contributed by atoms with Crippen molar-refractivity contribution >= 4 is 18.0 Å². The number of carbonyl (C=O) groups excluding carboxylic acids is 2. The largest absolute Gasteiger partial charge is 0.345 e. The molecule has 2 amide bonds. The first-order valence-corrected chi connectivity index (χ1v) is 14.5. The van der Waals surface area contributed by atoms with Gasteiger partial charge in [0.2, 0.25) is 5.91 Å². The highest BCUT2D eigenvalue weighted by Crippen LogP contribution is 2.33. The molecule has 6 heteroatoms. The first kappa shape index (κ1) is 28.1. The summed E-state index contributed by atoms with van der Waals surface area (Å²) in [6.07, 6.45) is 8.35. The molecule has 0 radical (unpaired) electrons. The Morgan fingerprint density at radius 1 is 0.902 bits per heavy atom. The van der Waals surface area contributed by atoms with E-state index in [0.29, 0.717) is 11.5 Å². The van der Waals surface area contributed by atoms with Crippen LogP contribution in [0, 0.1) is 13.8 Å². The van der Waals surface area contributed by atoms with Crippen molar-refractivity contribution in [2.24, 2.45) is 5.10 Å². The molecule has 1 aliphatic rings. The molecule has 5 rings (SSSR count). The summed E-state index contributed by atoms with van der Waals surface area (Å²) in [6.45, 7) is 4.15. The molecule has 0 aliphatic heterocycles. The lowest BCUT2D eigenvalue weighted by molar-refractivity contribution is -0.121. The standard InChI is InChI=1S/C35H38N4O2/c1-25-22-31(26(2)39(25)32-20-18-28(19-21-32)27-12-6-3-7-13-27)24-36-38-34(40)23-33(29-14-8-4-9-15-29)37-35(41)30-16-10-5-11-17-30/h4-5,8-11,14-22,24,27,33H,3,6-7,12-13,23H2,1-2H3,(H,37,41)(H,38,40)/b36-24-/t33-/m1/s1. The molecule has 0 unspecified atom stereocenters. The van der Waals surface area contributed by atoms with Crippen molar-refractivity contribution in [3.63, 3.8) is 0 Å². The third kappa shape index (κ3) is 7.01. The highest BCUT2D eigenvalue weighted by Gasteiger charge is 2.19. The second-order valence-electron chi connectivity index (χ2n) is 10.9. The zero-order chi connectivity index (χ0) is 28.6. The molecule has 1 heterocycles. The number of aryl methyl sites for hydroxylation is 1. The predicted molar refractivity (Wildman–Crippen MR) is 165 cm³/mol. The van der Waals surface area contributed by atoms with Gasteiger partial charge in [0.05, 0.1) is 18.7 Å². The van der Waals surface area contributed by atoms with Crippen LogP contribution in [0.5, 0.6) is 0 Å². The number of nitrogens with one attached hydrogen (secondary N) is 2. The van der Waals surface area contributed by atoms with Crippen LogP contribution in [0.15, 0.2) is 96.1 Å². The summed E-state index contributed by atoms with van der Waals surface area (Å²) in [7, 11) is 0. The van der Waals surface area contributed by atoms with Crippen LogP contribution in [0.3, 0.4) is 0 Å². The number of hydrogen-bond acceptors (Lipinski definition) is 3. The van der Waals surface area contributed by atoms with Crippen molar-refractivity contribution in [2.45, 2.75) is 64.3 Å². The lowest BCUT2D eigenvalue weighted by Gasteiger charge is -2.22. The van der Waals surface area contributed by atoms with E-state index in [-0.39, 0.29) is 18.2 Å². The molecule has 210 valence electrons. The van der Waals surface area contributed by atoms with E-state index < -0.39 is 6.04 Å². The number of hydrazone groups is 1. The normalized spacial score (nSPS) is 14.6. The Morgan fingerprint density at radius 2 is 1.56 bits per heavy atom. The van der Waals surface area contributed by atoms with Crippen LogP contribution in [0.4, 0.5) is 0 Å². The van der Waals surface area contributed by atoms with E-state index in [4.69, 9.17) is 0 Å². The summed E-state index contributed by atoms with van der Waals surface area (Å²) >= 11 is 0. The van der Waals surface area contributed by atoms with Gasteiger partial charge >= 0.3 is 0 Å². The van der Waals surface area contributed by atoms with Crippen LogP contribution in [-0.2, 0) is 4.79 Å². The fourth-order valence-electron chi connectivity index (χ4n) is 5.82. The van der Waals surface area contributed by atoms with Crippen LogP contribution in [-0.4, -0.2) is 22.6 Å². The van der Waals surface area contributed by atoms with Crippen molar-refractivity contribution < 1.29 is 9.59 Å². The summed E-state index contributed by atoms with van der Waals surface area (Å²) in [5, 5.41) is 7.26. The number of carbonyl (C=O) groups is 2. The van der Waals surface area contributed by atoms with Gasteiger partial charge in [0, 0.05) is 28.2 Å². The van der Waals surface area contributed by atoms with E-state index >= 15 is 0 Å². The average molecular weight is 547 g/mol. The minimum Gasteiger partial charge on any atom is -0.345 e. The minimum absolute atomic E-state index is 0.0618. The van der Waals surface area contributed by atoms with Crippen LogP contribution in [0.1, 0.15) is 88.9 Å². The third-order valence-electron chi connectivity index (χ3n) is 8.02. The van der Waals surface area contributed by atoms with E-state index in [9.17, 15) is 9.59 Å². The Bertz CT molecular complexity index is 1480. The zero-order valence-electron chi connectivity index (χ0n) is 23.8. The van der Waals surface area contributed by atoms with Gasteiger partial charge in [-0.25, -0.2) is 5.43 Å². The molecule has 6 nitrogen and oxygen atoms in total. The topological polar surface area (TPSA) is 75.5 Å². The summed E-state index contributed by atoms with van der Waals surface area (Å²) in [6, 6.07) is 29.1. The van der Waals surface area contributed by atoms with Crippen LogP contribution >= 0.6 is 0 Å². The van der Waals surface area contributed by atoms with Gasteiger partial charge in [0.1, 0.15) is 0 Å². The van der Waals surface area contributed by atoms with Crippen molar-refractivity contribution in [1.82, 2.24) is 15.3 Å². The second-order valence-corrected chi connectivity index (χ2v) is 10.9. The molecule has 1 aliphatic carbocycles. The number of benzene rings is 3. The Hall–Kier alpha value is -4.45. The molecule has 1 fully saturated rings. The first-order chi connectivity index (χ1) is 20.0. The van der Waals surface area contributed by atoms with Gasteiger partial charge in [-0.2, -0.15) is 5.10 Å². The molecule has 0 spiro atoms. The summed E-state index contributed by atoms with van der Waals surface area (Å²) < 4.78 is 2.22. The first-order valence-electron chi connectivity index (χ1n) is 14.5. The van der Waals surface area contributed by atoms with E-state index in [1.807, 2.05) is 48.5 Å². The van der Waals surface area contributed by atoms with Gasteiger partial charge in [0.15, 0.2) is 0 Å². The molecule has 1 saturated carbocycles. The number of nitrogens with zero attached hydrogens (tertiary/aromatic N) is 2. The van der Waals surface area contributed by atoms with Gasteiger partial charge < -0.3 is 9.88 Å². The minimum atomic E-state index is -0.485. The average Bonchev–Trinajstić information content (AvgIpc) is 3.30. The Balaban J connectivity index is 1.24. The lowest BCUT2D eigenvalue weighted by Crippen LogP contribution is -2.32. The van der Waals surface area contributed by atoms with Gasteiger partial charge in [-0.05, 0) is 74.1 Å². The smallest absolute Gasteiger partial charge is 0.251 e. The van der Waals surface area contributed by atoms with Gasteiger partial charge in [-0.1, -0.05) is 79.9 Å². The van der Waals surface area contributed by atoms with Gasteiger partial charge in [-0.15, -0.1) is 0 Å². The zero-order valence-corrected chi connectivity index (χ0v) is 23.8. The van der Waals surface area contributed by atoms with Crippen LogP contribution in [0.2, 0.25) is 0 Å². The van der Waals surface area contributed by atoms with Crippen LogP contribution < -0.4 is 10.7 Å². The Labute approximate surface area is 242 Å². The SMILES string of the molecule is Cc1cc(/C=N\NC(=O)C[C@@H](NC(=O)c2ccccc2)c2ccccc2)c(C)n1-c1ccc(C2CCCCC2)cc1. The molecule has 3 aromatic carbocycles. The molecule has 0 bridgehead atoms. The molecule has 41 heavy (non-hydrogen) atoms. The monoisotopic (exact) mass is 546 g/mol. The number of amides is 2. The van der Waals surface area contributed by atoms with Gasteiger partial charge in [-0.3, -0.25) is 9.59 Å². The summed E-state index contributed by atoms with van der Waals surface area (Å²) in [4.78, 5) is 25.7. The van der Waals surface area contributed by atoms with E-state index in [1.54, 1.807) is 18.3 Å². The highest BCUT2D eigenvalue weighted by molar-refractivity contribution is 5.94. The predicted octanol–water partition coefficient (Wildman–Crippen LogP) is 7.15. The van der Waals surface area contributed by atoms with Gasteiger partial charge in [0.25, 0.3) is 5.91 Å². The lowest BCUT2D eigenvalue weighted by atomic mass is 9.84.